The molecule has 0 bridgehead atoms. The van der Waals surface area contributed by atoms with Crippen LogP contribution >= 0.6 is 0 Å². The summed E-state index contributed by atoms with van der Waals surface area (Å²) in [7, 11) is 0. The fraction of sp³-hybridized carbons (Fsp3) is 0.667. The van der Waals surface area contributed by atoms with Crippen molar-refractivity contribution in [3.8, 4) is 5.75 Å². The zero-order valence-electron chi connectivity index (χ0n) is 13.3. The molecule has 1 aromatic heterocycles. The van der Waals surface area contributed by atoms with Crippen LogP contribution in [0.3, 0.4) is 0 Å². The average molecular weight is 298 g/mol. The zero-order chi connectivity index (χ0) is 16.2. The third kappa shape index (κ3) is 4.30. The van der Waals surface area contributed by atoms with E-state index < -0.39 is 5.43 Å². The molecule has 120 valence electrons. The fourth-order valence-corrected chi connectivity index (χ4v) is 2.63. The van der Waals surface area contributed by atoms with E-state index in [1.165, 1.54) is 6.07 Å². The summed E-state index contributed by atoms with van der Waals surface area (Å²) in [5, 5.41) is 28.4. The molecule has 0 atom stereocenters. The molecule has 0 amide bonds. The standard InChI is InChI=1S/C15H26N2O4/c1-11-9-13(20)14(21)12(17(11)15(2,3)4)10-16(5-7-18)6-8-19/h9,18-19,21H,5-8,10H2,1-4H3. The van der Waals surface area contributed by atoms with Gasteiger partial charge in [0.15, 0.2) is 5.75 Å². The Bertz CT molecular complexity index is 526. The molecule has 6 nitrogen and oxygen atoms in total. The van der Waals surface area contributed by atoms with E-state index in [2.05, 4.69) is 0 Å². The van der Waals surface area contributed by atoms with Crippen molar-refractivity contribution < 1.29 is 15.3 Å². The summed E-state index contributed by atoms with van der Waals surface area (Å²) in [5.41, 5.74) is 0.577. The number of aryl methyl sites for hydroxylation is 1. The summed E-state index contributed by atoms with van der Waals surface area (Å²) in [6.07, 6.45) is 0. The van der Waals surface area contributed by atoms with Crippen LogP contribution in [0.1, 0.15) is 32.2 Å². The van der Waals surface area contributed by atoms with Crippen LogP contribution < -0.4 is 5.43 Å². The van der Waals surface area contributed by atoms with Gasteiger partial charge in [0.2, 0.25) is 5.43 Å². The first-order chi connectivity index (χ1) is 9.72. The van der Waals surface area contributed by atoms with E-state index in [1.54, 1.807) is 4.90 Å². The van der Waals surface area contributed by atoms with Crippen LogP contribution in [-0.4, -0.2) is 51.1 Å². The molecule has 0 aromatic carbocycles. The molecule has 0 fully saturated rings. The smallest absolute Gasteiger partial charge is 0.223 e. The van der Waals surface area contributed by atoms with E-state index in [-0.39, 0.29) is 24.5 Å². The Balaban J connectivity index is 3.35. The SMILES string of the molecule is Cc1cc(=O)c(O)c(CN(CCO)CCO)n1C(C)(C)C. The van der Waals surface area contributed by atoms with Crippen molar-refractivity contribution >= 4 is 0 Å². The molecule has 0 radical (unpaired) electrons. The summed E-state index contributed by atoms with van der Waals surface area (Å²) in [4.78, 5) is 13.7. The van der Waals surface area contributed by atoms with Crippen LogP contribution in [0, 0.1) is 6.92 Å². The monoisotopic (exact) mass is 298 g/mol. The predicted octanol–water partition coefficient (Wildman–Crippen LogP) is 0.404. The molecule has 0 saturated heterocycles. The summed E-state index contributed by atoms with van der Waals surface area (Å²) in [6.45, 7) is 8.75. The van der Waals surface area contributed by atoms with Crippen molar-refractivity contribution in [2.45, 2.75) is 39.8 Å². The third-order valence-electron chi connectivity index (χ3n) is 3.35. The van der Waals surface area contributed by atoms with Gasteiger partial charge in [0.05, 0.1) is 18.9 Å². The Morgan fingerprint density at radius 3 is 2.14 bits per heavy atom. The first-order valence-corrected chi connectivity index (χ1v) is 7.11. The molecule has 1 aromatic rings. The second-order valence-corrected chi connectivity index (χ2v) is 6.17. The number of aromatic hydroxyl groups is 1. The minimum atomic E-state index is -0.407. The van der Waals surface area contributed by atoms with Crippen molar-refractivity contribution in [2.75, 3.05) is 26.3 Å². The van der Waals surface area contributed by atoms with Crippen molar-refractivity contribution in [3.05, 3.63) is 27.7 Å². The molecular formula is C15H26N2O4. The normalized spacial score (nSPS) is 12.1. The van der Waals surface area contributed by atoms with Gasteiger partial charge in [-0.3, -0.25) is 9.69 Å². The number of aliphatic hydroxyl groups excluding tert-OH is 2. The van der Waals surface area contributed by atoms with Gasteiger partial charge in [0.1, 0.15) is 0 Å². The number of pyridine rings is 1. The van der Waals surface area contributed by atoms with Crippen LogP contribution in [0.4, 0.5) is 0 Å². The Hall–Kier alpha value is -1.37. The third-order valence-corrected chi connectivity index (χ3v) is 3.35. The topological polar surface area (TPSA) is 85.9 Å². The van der Waals surface area contributed by atoms with Crippen molar-refractivity contribution in [1.29, 1.82) is 0 Å². The van der Waals surface area contributed by atoms with Gasteiger partial charge in [-0.05, 0) is 27.7 Å². The van der Waals surface area contributed by atoms with Gasteiger partial charge in [0.25, 0.3) is 0 Å². The van der Waals surface area contributed by atoms with Crippen LogP contribution in [0.25, 0.3) is 0 Å². The van der Waals surface area contributed by atoms with Crippen LogP contribution in [0.5, 0.6) is 5.75 Å². The molecule has 6 heteroatoms. The van der Waals surface area contributed by atoms with Gasteiger partial charge in [-0.2, -0.15) is 0 Å². The highest BCUT2D eigenvalue weighted by Crippen LogP contribution is 2.25. The highest BCUT2D eigenvalue weighted by atomic mass is 16.3. The second kappa shape index (κ2) is 7.06. The molecule has 0 spiro atoms. The summed E-state index contributed by atoms with van der Waals surface area (Å²) >= 11 is 0. The van der Waals surface area contributed by atoms with Crippen LogP contribution in [0.15, 0.2) is 10.9 Å². The van der Waals surface area contributed by atoms with Gasteiger partial charge in [-0.15, -0.1) is 0 Å². The molecule has 0 aliphatic rings. The summed E-state index contributed by atoms with van der Waals surface area (Å²) in [5.74, 6) is -0.267. The number of aromatic nitrogens is 1. The summed E-state index contributed by atoms with van der Waals surface area (Å²) in [6, 6.07) is 1.42. The molecule has 3 N–H and O–H groups in total. The van der Waals surface area contributed by atoms with Crippen molar-refractivity contribution in [3.63, 3.8) is 0 Å². The lowest BCUT2D eigenvalue weighted by molar-refractivity contribution is 0.149. The minimum absolute atomic E-state index is 0.0493. The Morgan fingerprint density at radius 1 is 1.19 bits per heavy atom. The number of rotatable bonds is 6. The molecule has 1 rings (SSSR count). The molecule has 1 heterocycles. The van der Waals surface area contributed by atoms with Crippen LogP contribution in [0.2, 0.25) is 0 Å². The zero-order valence-corrected chi connectivity index (χ0v) is 13.3. The number of hydrogen-bond acceptors (Lipinski definition) is 5. The van der Waals surface area contributed by atoms with E-state index in [0.29, 0.717) is 25.3 Å². The van der Waals surface area contributed by atoms with Crippen molar-refractivity contribution in [1.82, 2.24) is 9.47 Å². The van der Waals surface area contributed by atoms with Crippen molar-refractivity contribution in [2.24, 2.45) is 0 Å². The maximum atomic E-state index is 11.9. The molecule has 0 saturated carbocycles. The highest BCUT2D eigenvalue weighted by Gasteiger charge is 2.23. The van der Waals surface area contributed by atoms with E-state index in [9.17, 15) is 9.90 Å². The first-order valence-electron chi connectivity index (χ1n) is 7.11. The van der Waals surface area contributed by atoms with Gasteiger partial charge in [-0.1, -0.05) is 0 Å². The second-order valence-electron chi connectivity index (χ2n) is 6.17. The molecule has 21 heavy (non-hydrogen) atoms. The Labute approximate surface area is 125 Å². The fourth-order valence-electron chi connectivity index (χ4n) is 2.63. The molecule has 0 aliphatic carbocycles. The van der Waals surface area contributed by atoms with Crippen LogP contribution in [-0.2, 0) is 12.1 Å². The lowest BCUT2D eigenvalue weighted by Gasteiger charge is -2.32. The number of aliphatic hydroxyl groups is 2. The molecule has 0 unspecified atom stereocenters. The number of nitrogens with zero attached hydrogens (tertiary/aromatic N) is 2. The summed E-state index contributed by atoms with van der Waals surface area (Å²) < 4.78 is 1.92. The first kappa shape index (κ1) is 17.7. The largest absolute Gasteiger partial charge is 0.503 e. The molecule has 0 aliphatic heterocycles. The predicted molar refractivity (Wildman–Crippen MR) is 81.5 cm³/mol. The number of hydrogen-bond donors (Lipinski definition) is 3. The van der Waals surface area contributed by atoms with E-state index in [4.69, 9.17) is 10.2 Å². The average Bonchev–Trinajstić information content (AvgIpc) is 2.34. The maximum Gasteiger partial charge on any atom is 0.223 e. The van der Waals surface area contributed by atoms with E-state index in [1.807, 2.05) is 32.3 Å². The minimum Gasteiger partial charge on any atom is -0.503 e. The lowest BCUT2D eigenvalue weighted by atomic mass is 10.1. The highest BCUT2D eigenvalue weighted by molar-refractivity contribution is 5.31. The van der Waals surface area contributed by atoms with Gasteiger partial charge < -0.3 is 19.9 Å². The maximum absolute atomic E-state index is 11.9. The van der Waals surface area contributed by atoms with Gasteiger partial charge in [0, 0.05) is 36.9 Å². The lowest BCUT2D eigenvalue weighted by Crippen LogP contribution is -2.35. The quantitative estimate of drug-likeness (QED) is 0.708. The van der Waals surface area contributed by atoms with E-state index >= 15 is 0 Å². The van der Waals surface area contributed by atoms with Gasteiger partial charge in [-0.25, -0.2) is 0 Å². The Kier molecular flexibility index (Phi) is 5.95. The Morgan fingerprint density at radius 2 is 1.71 bits per heavy atom. The molecular weight excluding hydrogens is 272 g/mol. The van der Waals surface area contributed by atoms with Gasteiger partial charge >= 0.3 is 0 Å². The van der Waals surface area contributed by atoms with E-state index in [0.717, 1.165) is 5.69 Å².